The first-order valence-electron chi connectivity index (χ1n) is 10.1. The molecule has 3 aromatic rings. The summed E-state index contributed by atoms with van der Waals surface area (Å²) in [5.74, 6) is 3.90. The molecular formula is C21H25N5O3. The predicted molar refractivity (Wildman–Crippen MR) is 106 cm³/mol. The highest BCUT2D eigenvalue weighted by atomic mass is 16.5. The second-order valence-electron chi connectivity index (χ2n) is 7.91. The quantitative estimate of drug-likeness (QED) is 0.681. The first-order chi connectivity index (χ1) is 14.3. The fraction of sp³-hybridized carbons (Fsp3) is 0.476. The second-order valence-corrected chi connectivity index (χ2v) is 7.91. The summed E-state index contributed by atoms with van der Waals surface area (Å²) in [6.45, 7) is 2.72. The Bertz CT molecular complexity index is 914. The first kappa shape index (κ1) is 18.3. The van der Waals surface area contributed by atoms with Crippen molar-refractivity contribution in [1.29, 1.82) is 0 Å². The van der Waals surface area contributed by atoms with Gasteiger partial charge in [0.05, 0.1) is 25.0 Å². The van der Waals surface area contributed by atoms with Crippen molar-refractivity contribution in [2.45, 2.75) is 31.5 Å². The van der Waals surface area contributed by atoms with E-state index in [1.807, 2.05) is 36.5 Å². The lowest BCUT2D eigenvalue weighted by molar-refractivity contribution is 0.0304. The zero-order chi connectivity index (χ0) is 19.6. The number of hydrogen-bond acceptors (Lipinski definition) is 8. The van der Waals surface area contributed by atoms with Gasteiger partial charge in [-0.25, -0.2) is 4.98 Å². The molecule has 0 bridgehead atoms. The molecule has 5 rings (SSSR count). The minimum atomic E-state index is 0.187. The SMILES string of the molecule is CO[C@@H]1C[C@H]2CN(Cc3nc(-c4ccco4)no3)C[C@H]2C[C@H]1Nc1ccccn1. The number of nitrogens with one attached hydrogen (secondary N) is 1. The largest absolute Gasteiger partial charge is 0.461 e. The highest BCUT2D eigenvalue weighted by Gasteiger charge is 2.42. The van der Waals surface area contributed by atoms with E-state index in [1.54, 1.807) is 13.4 Å². The third-order valence-corrected chi connectivity index (χ3v) is 6.06. The number of aromatic nitrogens is 3. The van der Waals surface area contributed by atoms with Gasteiger partial charge in [0.2, 0.25) is 11.7 Å². The van der Waals surface area contributed by atoms with Crippen molar-refractivity contribution in [1.82, 2.24) is 20.0 Å². The van der Waals surface area contributed by atoms with Crippen LogP contribution in [0.4, 0.5) is 5.82 Å². The van der Waals surface area contributed by atoms with Crippen LogP contribution in [-0.2, 0) is 11.3 Å². The van der Waals surface area contributed by atoms with Crippen molar-refractivity contribution < 1.29 is 13.7 Å². The molecule has 2 fully saturated rings. The van der Waals surface area contributed by atoms with Gasteiger partial charge in [-0.2, -0.15) is 4.98 Å². The van der Waals surface area contributed by atoms with Gasteiger partial charge in [0.25, 0.3) is 0 Å². The summed E-state index contributed by atoms with van der Waals surface area (Å²) < 4.78 is 16.6. The molecule has 1 saturated carbocycles. The molecule has 8 heteroatoms. The lowest BCUT2D eigenvalue weighted by Crippen LogP contribution is -2.44. The summed E-state index contributed by atoms with van der Waals surface area (Å²) in [6, 6.07) is 9.86. The number of anilines is 1. The maximum atomic E-state index is 5.82. The van der Waals surface area contributed by atoms with Gasteiger partial charge < -0.3 is 19.0 Å². The van der Waals surface area contributed by atoms with Crippen LogP contribution >= 0.6 is 0 Å². The van der Waals surface area contributed by atoms with E-state index >= 15 is 0 Å². The van der Waals surface area contributed by atoms with Gasteiger partial charge >= 0.3 is 0 Å². The third kappa shape index (κ3) is 3.90. The van der Waals surface area contributed by atoms with Crippen molar-refractivity contribution in [3.63, 3.8) is 0 Å². The molecule has 0 radical (unpaired) electrons. The normalized spacial score (nSPS) is 27.1. The molecule has 4 heterocycles. The van der Waals surface area contributed by atoms with Crippen LogP contribution in [0.15, 0.2) is 51.7 Å². The summed E-state index contributed by atoms with van der Waals surface area (Å²) in [5.41, 5.74) is 0. The summed E-state index contributed by atoms with van der Waals surface area (Å²) >= 11 is 0. The minimum Gasteiger partial charge on any atom is -0.461 e. The van der Waals surface area contributed by atoms with Crippen LogP contribution < -0.4 is 5.32 Å². The molecule has 1 saturated heterocycles. The average molecular weight is 395 g/mol. The molecule has 1 aliphatic carbocycles. The maximum absolute atomic E-state index is 5.82. The van der Waals surface area contributed by atoms with Gasteiger partial charge in [0, 0.05) is 26.4 Å². The lowest BCUT2D eigenvalue weighted by Gasteiger charge is -2.37. The number of ether oxygens (including phenoxy) is 1. The molecule has 4 atom stereocenters. The molecule has 29 heavy (non-hydrogen) atoms. The van der Waals surface area contributed by atoms with E-state index in [4.69, 9.17) is 13.7 Å². The summed E-state index contributed by atoms with van der Waals surface area (Å²) in [5, 5.41) is 7.60. The molecule has 2 aliphatic rings. The zero-order valence-electron chi connectivity index (χ0n) is 16.4. The van der Waals surface area contributed by atoms with Crippen molar-refractivity contribution in [2.75, 3.05) is 25.5 Å². The van der Waals surface area contributed by atoms with Crippen LogP contribution in [0.1, 0.15) is 18.7 Å². The maximum Gasteiger partial charge on any atom is 0.241 e. The van der Waals surface area contributed by atoms with Crippen molar-refractivity contribution in [3.8, 4) is 11.6 Å². The van der Waals surface area contributed by atoms with Gasteiger partial charge in [0.15, 0.2) is 5.76 Å². The Morgan fingerprint density at radius 2 is 2.07 bits per heavy atom. The first-order valence-corrected chi connectivity index (χ1v) is 10.1. The molecule has 0 amide bonds. The summed E-state index contributed by atoms with van der Waals surface area (Å²) in [6.07, 6.45) is 5.72. The average Bonchev–Trinajstić information content (AvgIpc) is 3.48. The Kier molecular flexibility index (Phi) is 5.03. The van der Waals surface area contributed by atoms with Gasteiger partial charge in [-0.05, 0) is 48.9 Å². The predicted octanol–water partition coefficient (Wildman–Crippen LogP) is 3.06. The Labute approximate surface area is 169 Å². The van der Waals surface area contributed by atoms with E-state index in [9.17, 15) is 0 Å². The topological polar surface area (TPSA) is 89.5 Å². The van der Waals surface area contributed by atoms with Crippen LogP contribution in [0.25, 0.3) is 11.6 Å². The number of methoxy groups -OCH3 is 1. The second kappa shape index (κ2) is 7.96. The minimum absolute atomic E-state index is 0.187. The van der Waals surface area contributed by atoms with E-state index < -0.39 is 0 Å². The Hall–Kier alpha value is -2.71. The Balaban J connectivity index is 1.22. The smallest absolute Gasteiger partial charge is 0.241 e. The van der Waals surface area contributed by atoms with Crippen molar-refractivity contribution in [2.24, 2.45) is 11.8 Å². The van der Waals surface area contributed by atoms with Crippen LogP contribution in [0.2, 0.25) is 0 Å². The number of furan rings is 1. The monoisotopic (exact) mass is 395 g/mol. The molecule has 0 spiro atoms. The molecule has 152 valence electrons. The molecule has 1 N–H and O–H groups in total. The van der Waals surface area contributed by atoms with Crippen molar-refractivity contribution >= 4 is 5.82 Å². The van der Waals surface area contributed by atoms with Crippen LogP contribution in [0, 0.1) is 11.8 Å². The number of likely N-dealkylation sites (tertiary alicyclic amines) is 1. The molecule has 3 aromatic heterocycles. The standard InChI is InChI=1S/C21H25N5O3/c1-27-18-10-15-12-26(13-20-24-21(25-29-20)17-5-4-8-28-17)11-14(15)9-16(18)23-19-6-2-3-7-22-19/h2-8,14-16,18H,9-13H2,1H3,(H,22,23)/t14-,15+,16-,18-/m1/s1. The number of hydrogen-bond donors (Lipinski definition) is 1. The fourth-order valence-electron chi connectivity index (χ4n) is 4.71. The number of rotatable bonds is 6. The molecule has 0 unspecified atom stereocenters. The third-order valence-electron chi connectivity index (χ3n) is 6.06. The van der Waals surface area contributed by atoms with Gasteiger partial charge in [-0.15, -0.1) is 0 Å². The van der Waals surface area contributed by atoms with E-state index in [2.05, 4.69) is 25.3 Å². The number of nitrogens with zero attached hydrogens (tertiary/aromatic N) is 4. The number of fused-ring (bicyclic) bond motifs is 1. The van der Waals surface area contributed by atoms with Gasteiger partial charge in [0.1, 0.15) is 5.82 Å². The zero-order valence-corrected chi connectivity index (χ0v) is 16.4. The highest BCUT2D eigenvalue weighted by Crippen LogP contribution is 2.38. The van der Waals surface area contributed by atoms with Crippen LogP contribution in [-0.4, -0.2) is 52.4 Å². The fourth-order valence-corrected chi connectivity index (χ4v) is 4.71. The molecule has 8 nitrogen and oxygen atoms in total. The van der Waals surface area contributed by atoms with Crippen LogP contribution in [0.5, 0.6) is 0 Å². The van der Waals surface area contributed by atoms with Crippen molar-refractivity contribution in [3.05, 3.63) is 48.7 Å². The Morgan fingerprint density at radius 1 is 1.17 bits per heavy atom. The van der Waals surface area contributed by atoms with Crippen LogP contribution in [0.3, 0.4) is 0 Å². The molecule has 0 aromatic carbocycles. The summed E-state index contributed by atoms with van der Waals surface area (Å²) in [7, 11) is 1.80. The van der Waals surface area contributed by atoms with E-state index in [0.717, 1.165) is 31.7 Å². The van der Waals surface area contributed by atoms with Gasteiger partial charge in [-0.3, -0.25) is 4.90 Å². The summed E-state index contributed by atoms with van der Waals surface area (Å²) in [4.78, 5) is 11.3. The highest BCUT2D eigenvalue weighted by molar-refractivity contribution is 5.44. The van der Waals surface area contributed by atoms with Gasteiger partial charge in [-0.1, -0.05) is 11.2 Å². The lowest BCUT2D eigenvalue weighted by atomic mass is 9.77. The van der Waals surface area contributed by atoms with E-state index in [1.165, 1.54) is 0 Å². The van der Waals surface area contributed by atoms with E-state index in [0.29, 0.717) is 35.9 Å². The van der Waals surface area contributed by atoms with E-state index in [-0.39, 0.29) is 12.1 Å². The molecular weight excluding hydrogens is 370 g/mol. The number of pyridine rings is 1. The Morgan fingerprint density at radius 3 is 2.83 bits per heavy atom. The molecule has 1 aliphatic heterocycles.